The lowest BCUT2D eigenvalue weighted by Gasteiger charge is -2.10. The van der Waals surface area contributed by atoms with Gasteiger partial charge in [-0.05, 0) is 52.9 Å². The van der Waals surface area contributed by atoms with Crippen LogP contribution in [0, 0.1) is 0 Å². The van der Waals surface area contributed by atoms with Gasteiger partial charge in [0.1, 0.15) is 12.4 Å². The molecule has 0 atom stereocenters. The van der Waals surface area contributed by atoms with E-state index < -0.39 is 0 Å². The van der Waals surface area contributed by atoms with Gasteiger partial charge in [-0.15, -0.1) is 0 Å². The van der Waals surface area contributed by atoms with Gasteiger partial charge in [-0.25, -0.2) is 0 Å². The molecule has 1 aromatic carbocycles. The van der Waals surface area contributed by atoms with Gasteiger partial charge in [0.2, 0.25) is 0 Å². The molecular formula is C16H24BrNO3. The standard InChI is InChI=1S/C16H24BrNO3/c1-19-10-11-21-16-5-2-13(12-15(16)17)6-8-20-9-7-18-14-3-4-14/h2,5,12,14,18H,3-4,6-11H2,1H3. The number of halogens is 1. The van der Waals surface area contributed by atoms with Crippen LogP contribution < -0.4 is 10.1 Å². The maximum atomic E-state index is 5.64. The number of hydrogen-bond acceptors (Lipinski definition) is 4. The molecule has 0 saturated heterocycles. The highest BCUT2D eigenvalue weighted by molar-refractivity contribution is 9.10. The third kappa shape index (κ3) is 6.78. The van der Waals surface area contributed by atoms with Gasteiger partial charge in [0, 0.05) is 19.7 Å². The summed E-state index contributed by atoms with van der Waals surface area (Å²) in [6, 6.07) is 6.92. The van der Waals surface area contributed by atoms with Gasteiger partial charge in [0.25, 0.3) is 0 Å². The van der Waals surface area contributed by atoms with Gasteiger partial charge < -0.3 is 19.5 Å². The smallest absolute Gasteiger partial charge is 0.133 e. The average Bonchev–Trinajstić information content (AvgIpc) is 3.29. The number of benzene rings is 1. The summed E-state index contributed by atoms with van der Waals surface area (Å²) in [6.45, 7) is 3.65. The molecule has 0 radical (unpaired) electrons. The Balaban J connectivity index is 1.62. The van der Waals surface area contributed by atoms with Crippen LogP contribution in [0.3, 0.4) is 0 Å². The van der Waals surface area contributed by atoms with E-state index in [0.717, 1.165) is 42.4 Å². The number of hydrogen-bond donors (Lipinski definition) is 1. The minimum absolute atomic E-state index is 0.561. The lowest BCUT2D eigenvalue weighted by Crippen LogP contribution is -2.22. The predicted octanol–water partition coefficient (Wildman–Crippen LogP) is 2.79. The molecule has 1 aliphatic carbocycles. The summed E-state index contributed by atoms with van der Waals surface area (Å²) in [4.78, 5) is 0. The van der Waals surface area contributed by atoms with Crippen molar-refractivity contribution in [2.24, 2.45) is 0 Å². The zero-order valence-corrected chi connectivity index (χ0v) is 14.2. The van der Waals surface area contributed by atoms with E-state index in [4.69, 9.17) is 14.2 Å². The molecule has 0 spiro atoms. The van der Waals surface area contributed by atoms with Crippen LogP contribution in [0.2, 0.25) is 0 Å². The van der Waals surface area contributed by atoms with E-state index in [0.29, 0.717) is 13.2 Å². The molecule has 1 saturated carbocycles. The van der Waals surface area contributed by atoms with Crippen molar-refractivity contribution < 1.29 is 14.2 Å². The van der Waals surface area contributed by atoms with Crippen molar-refractivity contribution in [3.63, 3.8) is 0 Å². The van der Waals surface area contributed by atoms with Crippen LogP contribution in [0.5, 0.6) is 5.75 Å². The molecule has 0 unspecified atom stereocenters. The predicted molar refractivity (Wildman–Crippen MR) is 87.1 cm³/mol. The number of nitrogens with one attached hydrogen (secondary N) is 1. The molecule has 1 aromatic rings. The summed E-state index contributed by atoms with van der Waals surface area (Å²) in [6.07, 6.45) is 3.57. The number of methoxy groups -OCH3 is 1. The first-order valence-electron chi connectivity index (χ1n) is 7.51. The first-order chi connectivity index (χ1) is 10.3. The quantitative estimate of drug-likeness (QED) is 0.618. The Kier molecular flexibility index (Phi) is 7.50. The van der Waals surface area contributed by atoms with Crippen LogP contribution in [0.4, 0.5) is 0 Å². The molecule has 21 heavy (non-hydrogen) atoms. The van der Waals surface area contributed by atoms with Crippen molar-refractivity contribution in [3.8, 4) is 5.75 Å². The van der Waals surface area contributed by atoms with Gasteiger partial charge in [-0.3, -0.25) is 0 Å². The second-order valence-corrected chi connectivity index (χ2v) is 6.05. The molecule has 118 valence electrons. The monoisotopic (exact) mass is 357 g/mol. The maximum absolute atomic E-state index is 5.64. The molecule has 0 aromatic heterocycles. The van der Waals surface area contributed by atoms with Crippen molar-refractivity contribution in [2.45, 2.75) is 25.3 Å². The second kappa shape index (κ2) is 9.41. The summed E-state index contributed by atoms with van der Waals surface area (Å²) in [5.74, 6) is 0.852. The Morgan fingerprint density at radius 1 is 1.19 bits per heavy atom. The Bertz CT molecular complexity index is 424. The van der Waals surface area contributed by atoms with Crippen LogP contribution in [0.25, 0.3) is 0 Å². The Morgan fingerprint density at radius 2 is 2.05 bits per heavy atom. The second-order valence-electron chi connectivity index (χ2n) is 5.20. The van der Waals surface area contributed by atoms with Crippen molar-refractivity contribution in [1.82, 2.24) is 5.32 Å². The SMILES string of the molecule is COCCOc1ccc(CCOCCNC2CC2)cc1Br. The van der Waals surface area contributed by atoms with Gasteiger partial charge in [-0.2, -0.15) is 0 Å². The van der Waals surface area contributed by atoms with Crippen LogP contribution in [-0.4, -0.2) is 46.1 Å². The van der Waals surface area contributed by atoms with E-state index >= 15 is 0 Å². The number of rotatable bonds is 11. The minimum Gasteiger partial charge on any atom is -0.490 e. The van der Waals surface area contributed by atoms with Gasteiger partial charge >= 0.3 is 0 Å². The first kappa shape index (κ1) is 16.7. The number of ether oxygens (including phenoxy) is 3. The van der Waals surface area contributed by atoms with Crippen molar-refractivity contribution >= 4 is 15.9 Å². The summed E-state index contributed by atoms with van der Waals surface area (Å²) in [5, 5.41) is 3.44. The fourth-order valence-corrected chi connectivity index (χ4v) is 2.51. The van der Waals surface area contributed by atoms with E-state index in [1.54, 1.807) is 7.11 Å². The maximum Gasteiger partial charge on any atom is 0.133 e. The summed E-state index contributed by atoms with van der Waals surface area (Å²) in [7, 11) is 1.67. The van der Waals surface area contributed by atoms with Crippen molar-refractivity contribution in [3.05, 3.63) is 28.2 Å². The Labute approximate surface area is 135 Å². The fourth-order valence-electron chi connectivity index (χ4n) is 1.97. The fraction of sp³-hybridized carbons (Fsp3) is 0.625. The topological polar surface area (TPSA) is 39.7 Å². The highest BCUT2D eigenvalue weighted by atomic mass is 79.9. The van der Waals surface area contributed by atoms with Gasteiger partial charge in [0.15, 0.2) is 0 Å². The van der Waals surface area contributed by atoms with Crippen LogP contribution in [0.1, 0.15) is 18.4 Å². The van der Waals surface area contributed by atoms with E-state index in [1.807, 2.05) is 6.07 Å². The molecule has 1 N–H and O–H groups in total. The lowest BCUT2D eigenvalue weighted by molar-refractivity contribution is 0.138. The molecule has 0 heterocycles. The molecule has 1 fully saturated rings. The van der Waals surface area contributed by atoms with Crippen LogP contribution in [0.15, 0.2) is 22.7 Å². The first-order valence-corrected chi connectivity index (χ1v) is 8.30. The van der Waals surface area contributed by atoms with Gasteiger partial charge in [0.05, 0.1) is 24.3 Å². The molecule has 0 bridgehead atoms. The minimum atomic E-state index is 0.561. The average molecular weight is 358 g/mol. The molecule has 1 aliphatic rings. The zero-order chi connectivity index (χ0) is 14.9. The molecular weight excluding hydrogens is 334 g/mol. The van der Waals surface area contributed by atoms with Crippen LogP contribution >= 0.6 is 15.9 Å². The Hall–Kier alpha value is -0.620. The lowest BCUT2D eigenvalue weighted by atomic mass is 10.1. The molecule has 0 amide bonds. The van der Waals surface area contributed by atoms with E-state index in [1.165, 1.54) is 18.4 Å². The van der Waals surface area contributed by atoms with Crippen molar-refractivity contribution in [2.75, 3.05) is 40.1 Å². The third-order valence-corrected chi connectivity index (χ3v) is 3.95. The van der Waals surface area contributed by atoms with Crippen molar-refractivity contribution in [1.29, 1.82) is 0 Å². The van der Waals surface area contributed by atoms with Crippen LogP contribution in [-0.2, 0) is 15.9 Å². The third-order valence-electron chi connectivity index (χ3n) is 3.33. The largest absolute Gasteiger partial charge is 0.490 e. The molecule has 2 rings (SSSR count). The van der Waals surface area contributed by atoms with E-state index in [9.17, 15) is 0 Å². The molecule has 0 aliphatic heterocycles. The van der Waals surface area contributed by atoms with E-state index in [2.05, 4.69) is 33.4 Å². The normalized spacial score (nSPS) is 14.4. The highest BCUT2D eigenvalue weighted by Crippen LogP contribution is 2.26. The zero-order valence-electron chi connectivity index (χ0n) is 12.6. The summed E-state index contributed by atoms with van der Waals surface area (Å²) < 4.78 is 17.2. The summed E-state index contributed by atoms with van der Waals surface area (Å²) >= 11 is 3.54. The molecule has 4 nitrogen and oxygen atoms in total. The molecule has 5 heteroatoms. The van der Waals surface area contributed by atoms with E-state index in [-0.39, 0.29) is 0 Å². The highest BCUT2D eigenvalue weighted by Gasteiger charge is 2.19. The Morgan fingerprint density at radius 3 is 2.76 bits per heavy atom. The summed E-state index contributed by atoms with van der Waals surface area (Å²) in [5.41, 5.74) is 1.25. The van der Waals surface area contributed by atoms with Gasteiger partial charge in [-0.1, -0.05) is 6.07 Å².